The highest BCUT2D eigenvalue weighted by Gasteiger charge is 2.50. The van der Waals surface area contributed by atoms with Crippen LogP contribution in [-0.2, 0) is 23.8 Å². The first-order chi connectivity index (χ1) is 32.0. The lowest BCUT2D eigenvalue weighted by molar-refractivity contribution is -0.160. The SMILES string of the molecule is CO[C@H]1/C=C/O[C@@]2(C)Oc3c(C)c(O)c4c(O)c(c(/C=N/N5CCN(C)CC5)c(O)c4c3C2=O)NC(=O)/C(C)=C\C=C\[C@H](C)[C@H](O)[C@@H](C)[C@@H](O)[C@@H](C)[C@H](OC(C)=O)[C@@H]1C.NC(=O)c1cnccn1. The van der Waals surface area contributed by atoms with E-state index in [-0.39, 0.29) is 50.2 Å². The zero-order valence-corrected chi connectivity index (χ0v) is 40.0. The van der Waals surface area contributed by atoms with Crippen LogP contribution < -0.4 is 15.8 Å². The number of primary amides is 1. The fourth-order valence-electron chi connectivity index (χ4n) is 8.35. The Morgan fingerprint density at radius 3 is 2.22 bits per heavy atom. The number of nitrogens with one attached hydrogen (secondary N) is 1. The number of allylic oxidation sites excluding steroid dienone is 2. The zero-order chi connectivity index (χ0) is 50.4. The number of hydrazone groups is 1. The van der Waals surface area contributed by atoms with Gasteiger partial charge in [-0.15, -0.1) is 0 Å². The first-order valence-electron chi connectivity index (χ1n) is 22.2. The van der Waals surface area contributed by atoms with Gasteiger partial charge in [0.25, 0.3) is 17.6 Å². The largest absolute Gasteiger partial charge is 0.507 e. The lowest BCUT2D eigenvalue weighted by Crippen LogP contribution is -2.46. The van der Waals surface area contributed by atoms with Gasteiger partial charge >= 0.3 is 11.8 Å². The Labute approximate surface area is 394 Å². The van der Waals surface area contributed by atoms with Gasteiger partial charge in [-0.05, 0) is 27.0 Å². The van der Waals surface area contributed by atoms with Crippen LogP contribution in [-0.4, -0.2) is 146 Å². The van der Waals surface area contributed by atoms with Crippen molar-refractivity contribution in [2.75, 3.05) is 45.7 Å². The van der Waals surface area contributed by atoms with Crippen LogP contribution in [0, 0.1) is 30.6 Å². The number of carbonyl (C=O) groups excluding carboxylic acids is 4. The van der Waals surface area contributed by atoms with Gasteiger partial charge in [0.2, 0.25) is 0 Å². The molecule has 0 saturated carbocycles. The van der Waals surface area contributed by atoms with Gasteiger partial charge < -0.3 is 60.4 Å². The molecular formula is C48H63N7O13. The van der Waals surface area contributed by atoms with Crippen LogP contribution in [0.5, 0.6) is 23.0 Å². The number of piperazine rings is 1. The zero-order valence-electron chi connectivity index (χ0n) is 40.0. The van der Waals surface area contributed by atoms with Crippen LogP contribution in [0.2, 0.25) is 0 Å². The van der Waals surface area contributed by atoms with Crippen LogP contribution in [0.3, 0.4) is 0 Å². The van der Waals surface area contributed by atoms with E-state index >= 15 is 0 Å². The van der Waals surface area contributed by atoms with Crippen molar-refractivity contribution in [3.05, 3.63) is 77.1 Å². The molecule has 5 heterocycles. The van der Waals surface area contributed by atoms with Crippen molar-refractivity contribution >= 4 is 46.2 Å². The topological polar surface area (TPSA) is 289 Å². The summed E-state index contributed by atoms with van der Waals surface area (Å²) in [7, 11) is 3.42. The molecular weight excluding hydrogens is 883 g/mol. The monoisotopic (exact) mass is 945 g/mol. The number of aromatic nitrogens is 2. The summed E-state index contributed by atoms with van der Waals surface area (Å²) < 4.78 is 23.6. The van der Waals surface area contributed by atoms with E-state index in [9.17, 15) is 44.7 Å². The summed E-state index contributed by atoms with van der Waals surface area (Å²) in [6, 6.07) is 0. The highest BCUT2D eigenvalue weighted by molar-refractivity contribution is 6.23. The number of ether oxygens (including phenoxy) is 4. The maximum atomic E-state index is 14.4. The molecule has 368 valence electrons. The van der Waals surface area contributed by atoms with E-state index in [4.69, 9.17) is 24.7 Å². The van der Waals surface area contributed by atoms with Gasteiger partial charge in [-0.3, -0.25) is 29.2 Å². The predicted molar refractivity (Wildman–Crippen MR) is 251 cm³/mol. The number of phenolic OH excluding ortho intramolecular Hbond substituents is 3. The molecule has 1 aromatic heterocycles. The number of nitrogens with zero attached hydrogens (tertiary/aromatic N) is 5. The highest BCUT2D eigenvalue weighted by Crippen LogP contribution is 2.55. The number of hydrogen-bond donors (Lipinski definition) is 7. The number of aromatic hydroxyl groups is 3. The van der Waals surface area contributed by atoms with Gasteiger partial charge in [0.15, 0.2) is 5.75 Å². The van der Waals surface area contributed by atoms with E-state index in [1.165, 1.54) is 78.0 Å². The van der Waals surface area contributed by atoms with E-state index < -0.39 is 94.7 Å². The smallest absolute Gasteiger partial charge is 0.312 e. The number of hydrogen-bond acceptors (Lipinski definition) is 18. The number of nitrogens with two attached hydrogens (primary N) is 1. The van der Waals surface area contributed by atoms with Crippen LogP contribution in [0.4, 0.5) is 5.69 Å². The Balaban J connectivity index is 0.000000858. The van der Waals surface area contributed by atoms with Crippen LogP contribution in [0.25, 0.3) is 10.8 Å². The predicted octanol–water partition coefficient (Wildman–Crippen LogP) is 3.91. The third kappa shape index (κ3) is 11.2. The van der Waals surface area contributed by atoms with E-state index in [1.54, 1.807) is 44.9 Å². The molecule has 2 aromatic carbocycles. The fraction of sp³-hybridized carbons (Fsp3) is 0.479. The maximum absolute atomic E-state index is 14.4. The van der Waals surface area contributed by atoms with Crippen molar-refractivity contribution < 1.29 is 63.7 Å². The van der Waals surface area contributed by atoms with Gasteiger partial charge in [0, 0.05) is 99.7 Å². The molecule has 2 amide bonds. The molecule has 20 nitrogen and oxygen atoms in total. The summed E-state index contributed by atoms with van der Waals surface area (Å²) in [6.45, 7) is 15.1. The fourth-order valence-corrected chi connectivity index (χ4v) is 8.35. The number of rotatable bonds is 5. The van der Waals surface area contributed by atoms with Crippen LogP contribution >= 0.6 is 0 Å². The maximum Gasteiger partial charge on any atom is 0.312 e. The molecule has 0 spiro atoms. The molecule has 9 atom stereocenters. The van der Waals surface area contributed by atoms with Gasteiger partial charge in [0.1, 0.15) is 29.0 Å². The molecule has 68 heavy (non-hydrogen) atoms. The van der Waals surface area contributed by atoms with Crippen molar-refractivity contribution in [2.24, 2.45) is 34.5 Å². The first-order valence-corrected chi connectivity index (χ1v) is 22.2. The Morgan fingerprint density at radius 2 is 1.63 bits per heavy atom. The van der Waals surface area contributed by atoms with Gasteiger partial charge in [0.05, 0.1) is 59.2 Å². The summed E-state index contributed by atoms with van der Waals surface area (Å²) in [4.78, 5) is 60.2. The minimum Gasteiger partial charge on any atom is -0.507 e. The summed E-state index contributed by atoms with van der Waals surface area (Å²) >= 11 is 0. The second kappa shape index (κ2) is 22.0. The van der Waals surface area contributed by atoms with Crippen molar-refractivity contribution in [1.82, 2.24) is 19.9 Å². The number of phenols is 3. The summed E-state index contributed by atoms with van der Waals surface area (Å²) in [6.07, 6.45) is 9.08. The number of anilines is 1. The molecule has 1 fully saturated rings. The van der Waals surface area contributed by atoms with Crippen molar-refractivity contribution in [2.45, 2.75) is 85.6 Å². The van der Waals surface area contributed by atoms with E-state index in [2.05, 4.69) is 25.3 Å². The van der Waals surface area contributed by atoms with Crippen molar-refractivity contribution in [1.29, 1.82) is 0 Å². The van der Waals surface area contributed by atoms with Crippen molar-refractivity contribution in [3.8, 4) is 23.0 Å². The molecule has 0 aliphatic carbocycles. The standard InChI is InChI=1S/C43H58N4O12.C5H5N3O/c1-21-12-11-13-22(2)42(55)45-33-28(20-44-47-17-15-46(9)16-18-47)37(52)30-31(38(33)53)36(51)26(6)40-32(30)41(54)43(8,59-40)57-19-14-29(56-10)23(3)39(58-27(7)48)25(5)35(50)24(4)34(21)49;6-5(9)4-3-7-1-2-8-4/h11-14,19-21,23-25,29,34-35,39,49-53H,15-18H2,1-10H3,(H,45,55);1-3H,(H2,6,9)/b12-11+,19-14+,22-13-,44-20+;/t21-,23+,24+,25+,29-,34-,35+,39+,43-;/m0./s1. The Hall–Kier alpha value is -6.61. The van der Waals surface area contributed by atoms with Gasteiger partial charge in [-0.2, -0.15) is 5.10 Å². The first kappa shape index (κ1) is 52.4. The number of likely N-dealkylation sites (N-methyl/N-ethyl adjacent to an activating group) is 1. The Morgan fingerprint density at radius 1 is 0.956 bits per heavy atom. The number of aliphatic hydroxyl groups is 2. The Bertz CT molecular complexity index is 2490. The Kier molecular flexibility index (Phi) is 16.9. The molecule has 5 bridgehead atoms. The molecule has 3 aromatic rings. The summed E-state index contributed by atoms with van der Waals surface area (Å²) in [5.74, 6) is -8.90. The van der Waals surface area contributed by atoms with E-state index in [1.807, 2.05) is 7.05 Å². The highest BCUT2D eigenvalue weighted by atomic mass is 16.7. The second-order valence-electron chi connectivity index (χ2n) is 17.6. The van der Waals surface area contributed by atoms with E-state index in [0.717, 1.165) is 13.1 Å². The number of methoxy groups -OCH3 is 1. The molecule has 7 rings (SSSR count). The lowest BCUT2D eigenvalue weighted by Gasteiger charge is -2.38. The number of amides is 2. The minimum absolute atomic E-state index is 0.0559. The average Bonchev–Trinajstić information content (AvgIpc) is 3.58. The number of carbonyl (C=O) groups is 4. The molecule has 0 radical (unpaired) electrons. The van der Waals surface area contributed by atoms with Crippen LogP contribution in [0.15, 0.2) is 59.8 Å². The quantitative estimate of drug-likeness (QED) is 0.0826. The number of benzene rings is 2. The summed E-state index contributed by atoms with van der Waals surface area (Å²) in [5, 5.41) is 66.8. The number of aliphatic hydroxyl groups excluding tert-OH is 2. The van der Waals surface area contributed by atoms with Crippen molar-refractivity contribution in [3.63, 3.8) is 0 Å². The number of Topliss-reactive ketones (excluding diaryl/α,β-unsaturated/α-hetero) is 1. The molecule has 4 aliphatic heterocycles. The molecule has 8 N–H and O–H groups in total. The number of fused-ring (bicyclic) bond motifs is 14. The second-order valence-corrected chi connectivity index (χ2v) is 17.6. The average molecular weight is 946 g/mol. The third-order valence-electron chi connectivity index (χ3n) is 12.7. The molecule has 1 saturated heterocycles. The third-order valence-corrected chi connectivity index (χ3v) is 12.7. The summed E-state index contributed by atoms with van der Waals surface area (Å²) in [5.41, 5.74) is 4.71. The van der Waals surface area contributed by atoms with Gasteiger partial charge in [-0.1, -0.05) is 45.9 Å². The van der Waals surface area contributed by atoms with Crippen LogP contribution in [0.1, 0.15) is 80.4 Å². The molecule has 4 aliphatic rings. The number of esters is 1. The molecule has 0 unspecified atom stereocenters. The van der Waals surface area contributed by atoms with Gasteiger partial charge in [-0.25, -0.2) is 4.98 Å². The lowest BCUT2D eigenvalue weighted by atomic mass is 9.78. The molecule has 20 heteroatoms. The van der Waals surface area contributed by atoms with E-state index in [0.29, 0.717) is 13.1 Å². The minimum atomic E-state index is -2.04. The normalized spacial score (nSPS) is 29.0. The number of ketones is 1.